The lowest BCUT2D eigenvalue weighted by Gasteiger charge is -1.97. The summed E-state index contributed by atoms with van der Waals surface area (Å²) in [5, 5.41) is 7.71. The van der Waals surface area contributed by atoms with Crippen molar-refractivity contribution in [3.05, 3.63) is 47.2 Å². The third-order valence-corrected chi connectivity index (χ3v) is 2.16. The van der Waals surface area contributed by atoms with Crippen LogP contribution in [0, 0.1) is 6.92 Å². The second-order valence-corrected chi connectivity index (χ2v) is 3.46. The zero-order valence-corrected chi connectivity index (χ0v) is 8.60. The van der Waals surface area contributed by atoms with Crippen LogP contribution in [0.1, 0.15) is 22.9 Å². The van der Waals surface area contributed by atoms with Crippen molar-refractivity contribution < 1.29 is 4.42 Å². The molecule has 2 rings (SSSR count). The molecule has 0 aliphatic carbocycles. The van der Waals surface area contributed by atoms with E-state index in [2.05, 4.69) is 41.4 Å². The van der Waals surface area contributed by atoms with Crippen LogP contribution in [0.4, 0.5) is 0 Å². The van der Waals surface area contributed by atoms with Gasteiger partial charge in [-0.1, -0.05) is 29.8 Å². The lowest BCUT2D eigenvalue weighted by molar-refractivity contribution is 0.459. The molecule has 1 aromatic carbocycles. The summed E-state index contributed by atoms with van der Waals surface area (Å²) in [4.78, 5) is 0. The number of hydrogen-bond donors (Lipinski definition) is 1. The average Bonchev–Trinajstić information content (AvgIpc) is 2.69. The minimum Gasteiger partial charge on any atom is -0.424 e. The number of aryl methyl sites for hydroxylation is 1. The molecular weight excluding hydrogens is 190 g/mol. The van der Waals surface area contributed by atoms with Crippen LogP contribution in [0.15, 0.2) is 28.7 Å². The molecule has 0 radical (unpaired) electrons. The van der Waals surface area contributed by atoms with E-state index in [-0.39, 0.29) is 0 Å². The number of benzene rings is 1. The molecule has 4 nitrogen and oxygen atoms in total. The minimum absolute atomic E-state index is 0.293. The SMILES string of the molecule is Cc1ccc(Cc2nnc(CN)o2)cc1. The Balaban J connectivity index is 2.11. The molecule has 0 atom stereocenters. The Morgan fingerprint density at radius 1 is 1.13 bits per heavy atom. The molecule has 1 aromatic heterocycles. The molecule has 0 fully saturated rings. The van der Waals surface area contributed by atoms with E-state index in [1.54, 1.807) is 0 Å². The van der Waals surface area contributed by atoms with Crippen molar-refractivity contribution in [1.29, 1.82) is 0 Å². The molecule has 0 spiro atoms. The molecule has 4 heteroatoms. The predicted molar refractivity (Wildman–Crippen MR) is 56.2 cm³/mol. The first kappa shape index (κ1) is 9.86. The van der Waals surface area contributed by atoms with Crippen LogP contribution in [0.3, 0.4) is 0 Å². The molecule has 0 saturated heterocycles. The number of rotatable bonds is 3. The molecule has 1 heterocycles. The molecule has 15 heavy (non-hydrogen) atoms. The standard InChI is InChI=1S/C11H13N3O/c1-8-2-4-9(5-3-8)6-10-13-14-11(7-12)15-10/h2-5H,6-7,12H2,1H3. The van der Waals surface area contributed by atoms with Gasteiger partial charge in [-0.05, 0) is 12.5 Å². The van der Waals surface area contributed by atoms with Gasteiger partial charge in [0.05, 0.1) is 13.0 Å². The maximum atomic E-state index is 5.38. The third-order valence-electron chi connectivity index (χ3n) is 2.16. The Bertz CT molecular complexity index is 433. The summed E-state index contributed by atoms with van der Waals surface area (Å²) in [5.74, 6) is 1.09. The molecule has 0 bridgehead atoms. The predicted octanol–water partition coefficient (Wildman–Crippen LogP) is 1.43. The molecule has 2 aromatic rings. The van der Waals surface area contributed by atoms with E-state index in [9.17, 15) is 0 Å². The second-order valence-electron chi connectivity index (χ2n) is 3.46. The van der Waals surface area contributed by atoms with E-state index in [1.807, 2.05) is 0 Å². The molecule has 0 aliphatic rings. The summed E-state index contributed by atoms with van der Waals surface area (Å²) >= 11 is 0. The maximum absolute atomic E-state index is 5.38. The Morgan fingerprint density at radius 3 is 2.40 bits per heavy atom. The van der Waals surface area contributed by atoms with Gasteiger partial charge in [0.2, 0.25) is 11.8 Å². The molecule has 0 aliphatic heterocycles. The van der Waals surface area contributed by atoms with E-state index >= 15 is 0 Å². The Morgan fingerprint density at radius 2 is 1.80 bits per heavy atom. The van der Waals surface area contributed by atoms with E-state index < -0.39 is 0 Å². The highest BCUT2D eigenvalue weighted by Crippen LogP contribution is 2.09. The van der Waals surface area contributed by atoms with Crippen LogP contribution < -0.4 is 5.73 Å². The van der Waals surface area contributed by atoms with Crippen molar-refractivity contribution in [2.75, 3.05) is 0 Å². The molecular formula is C11H13N3O. The van der Waals surface area contributed by atoms with Crippen molar-refractivity contribution in [3.8, 4) is 0 Å². The highest BCUT2D eigenvalue weighted by molar-refractivity contribution is 5.23. The van der Waals surface area contributed by atoms with Gasteiger partial charge in [0.1, 0.15) is 0 Å². The van der Waals surface area contributed by atoms with Crippen LogP contribution >= 0.6 is 0 Å². The molecule has 0 unspecified atom stereocenters. The highest BCUT2D eigenvalue weighted by atomic mass is 16.4. The summed E-state index contributed by atoms with van der Waals surface area (Å²) in [6.07, 6.45) is 0.660. The van der Waals surface area contributed by atoms with Gasteiger partial charge >= 0.3 is 0 Å². The molecule has 2 N–H and O–H groups in total. The Kier molecular flexibility index (Phi) is 2.78. The topological polar surface area (TPSA) is 64.9 Å². The first-order valence-electron chi connectivity index (χ1n) is 4.85. The fourth-order valence-electron chi connectivity index (χ4n) is 1.32. The quantitative estimate of drug-likeness (QED) is 0.819. The zero-order chi connectivity index (χ0) is 10.7. The number of nitrogens with two attached hydrogens (primary N) is 1. The molecule has 78 valence electrons. The van der Waals surface area contributed by atoms with Crippen LogP contribution in [-0.4, -0.2) is 10.2 Å². The van der Waals surface area contributed by atoms with Crippen molar-refractivity contribution in [2.24, 2.45) is 5.73 Å². The van der Waals surface area contributed by atoms with E-state index in [4.69, 9.17) is 10.2 Å². The monoisotopic (exact) mass is 203 g/mol. The van der Waals surface area contributed by atoms with Crippen molar-refractivity contribution in [1.82, 2.24) is 10.2 Å². The van der Waals surface area contributed by atoms with Crippen LogP contribution in [-0.2, 0) is 13.0 Å². The molecule has 0 amide bonds. The van der Waals surface area contributed by atoms with E-state index in [0.717, 1.165) is 5.56 Å². The second kappa shape index (κ2) is 4.23. The van der Waals surface area contributed by atoms with E-state index in [0.29, 0.717) is 24.7 Å². The van der Waals surface area contributed by atoms with Crippen LogP contribution in [0.25, 0.3) is 0 Å². The van der Waals surface area contributed by atoms with Gasteiger partial charge in [0.15, 0.2) is 0 Å². The van der Waals surface area contributed by atoms with Gasteiger partial charge in [-0.3, -0.25) is 0 Å². The van der Waals surface area contributed by atoms with Gasteiger partial charge in [-0.25, -0.2) is 0 Å². The zero-order valence-electron chi connectivity index (χ0n) is 8.60. The van der Waals surface area contributed by atoms with Gasteiger partial charge in [0.25, 0.3) is 0 Å². The first-order valence-corrected chi connectivity index (χ1v) is 4.85. The van der Waals surface area contributed by atoms with Crippen molar-refractivity contribution in [2.45, 2.75) is 19.9 Å². The fraction of sp³-hybridized carbons (Fsp3) is 0.273. The lowest BCUT2D eigenvalue weighted by atomic mass is 10.1. The normalized spacial score (nSPS) is 10.5. The summed E-state index contributed by atoms with van der Waals surface area (Å²) in [6.45, 7) is 2.35. The lowest BCUT2D eigenvalue weighted by Crippen LogP contribution is -1.95. The maximum Gasteiger partial charge on any atom is 0.230 e. The Hall–Kier alpha value is -1.68. The van der Waals surface area contributed by atoms with E-state index in [1.165, 1.54) is 5.56 Å². The number of hydrogen-bond acceptors (Lipinski definition) is 4. The fourth-order valence-corrected chi connectivity index (χ4v) is 1.32. The van der Waals surface area contributed by atoms with Crippen LogP contribution in [0.2, 0.25) is 0 Å². The third kappa shape index (κ3) is 2.41. The van der Waals surface area contributed by atoms with Crippen LogP contribution in [0.5, 0.6) is 0 Å². The summed E-state index contributed by atoms with van der Waals surface area (Å²) in [7, 11) is 0. The van der Waals surface area contributed by atoms with Gasteiger partial charge < -0.3 is 10.2 Å². The Labute approximate surface area is 88.1 Å². The average molecular weight is 203 g/mol. The van der Waals surface area contributed by atoms with Gasteiger partial charge in [-0.2, -0.15) is 0 Å². The first-order chi connectivity index (χ1) is 7.28. The summed E-state index contributed by atoms with van der Waals surface area (Å²) < 4.78 is 5.32. The van der Waals surface area contributed by atoms with Gasteiger partial charge in [0, 0.05) is 0 Å². The minimum atomic E-state index is 0.293. The largest absolute Gasteiger partial charge is 0.424 e. The number of nitrogens with zero attached hydrogens (tertiary/aromatic N) is 2. The van der Waals surface area contributed by atoms with Crippen molar-refractivity contribution in [3.63, 3.8) is 0 Å². The number of aromatic nitrogens is 2. The smallest absolute Gasteiger partial charge is 0.230 e. The van der Waals surface area contributed by atoms with Crippen molar-refractivity contribution >= 4 is 0 Å². The summed E-state index contributed by atoms with van der Waals surface area (Å²) in [6, 6.07) is 8.24. The van der Waals surface area contributed by atoms with Gasteiger partial charge in [-0.15, -0.1) is 10.2 Å². The molecule has 0 saturated carbocycles. The highest BCUT2D eigenvalue weighted by Gasteiger charge is 2.04. The summed E-state index contributed by atoms with van der Waals surface area (Å²) in [5.41, 5.74) is 7.78.